The number of carbonyl (C=O) groups is 1. The summed E-state index contributed by atoms with van der Waals surface area (Å²) in [5, 5.41) is 0. The Labute approximate surface area is 273 Å². The van der Waals surface area contributed by atoms with Gasteiger partial charge in [0, 0.05) is 18.0 Å². The van der Waals surface area contributed by atoms with Crippen molar-refractivity contribution in [3.63, 3.8) is 0 Å². The first kappa shape index (κ1) is 37.0. The lowest BCUT2D eigenvalue weighted by Gasteiger charge is -2.24. The molecule has 2 aromatic carbocycles. The second kappa shape index (κ2) is 19.3. The molecule has 0 aliphatic heterocycles. The van der Waals surface area contributed by atoms with Crippen LogP contribution in [0.2, 0.25) is 0 Å². The van der Waals surface area contributed by atoms with Crippen LogP contribution in [-0.2, 0) is 4.79 Å². The van der Waals surface area contributed by atoms with E-state index in [2.05, 4.69) is 23.8 Å². The summed E-state index contributed by atoms with van der Waals surface area (Å²) in [6.07, 6.45) is 10.7. The summed E-state index contributed by atoms with van der Waals surface area (Å²) in [7, 11) is 0. The van der Waals surface area contributed by atoms with Crippen LogP contribution < -0.4 is 9.47 Å². The molecule has 8 heteroatoms. The Hall–Kier alpha value is -3.42. The molecule has 0 bridgehead atoms. The van der Waals surface area contributed by atoms with E-state index in [1.54, 1.807) is 54.9 Å². The van der Waals surface area contributed by atoms with Gasteiger partial charge < -0.3 is 9.47 Å². The van der Waals surface area contributed by atoms with Gasteiger partial charge in [0.15, 0.2) is 12.0 Å². The van der Waals surface area contributed by atoms with Crippen molar-refractivity contribution in [1.29, 1.82) is 0 Å². The second-order valence-electron chi connectivity index (χ2n) is 12.4. The third-order valence-electron chi connectivity index (χ3n) is 8.27. The number of halogens is 3. The normalized spacial score (nSPS) is 14.7. The van der Waals surface area contributed by atoms with Gasteiger partial charge in [-0.1, -0.05) is 95.9 Å². The number of hydrogen-bond donors (Lipinski definition) is 0. The highest BCUT2D eigenvalue weighted by molar-refractivity contribution is 5.81. The van der Waals surface area contributed by atoms with Crippen LogP contribution >= 0.6 is 0 Å². The minimum atomic E-state index is -2.05. The van der Waals surface area contributed by atoms with Gasteiger partial charge in [0.2, 0.25) is 5.67 Å². The Morgan fingerprint density at radius 2 is 1.39 bits per heavy atom. The average Bonchev–Trinajstić information content (AvgIpc) is 3.06. The van der Waals surface area contributed by atoms with E-state index in [-0.39, 0.29) is 12.2 Å². The van der Waals surface area contributed by atoms with Crippen molar-refractivity contribution in [2.45, 2.75) is 135 Å². The largest absolute Gasteiger partial charge is 0.487 e. The molecular formula is C38H51F3N2O3. The first-order valence-electron chi connectivity index (χ1n) is 17.0. The zero-order valence-electron chi connectivity index (χ0n) is 28.0. The summed E-state index contributed by atoms with van der Waals surface area (Å²) in [6, 6.07) is 13.9. The first-order chi connectivity index (χ1) is 22.2. The van der Waals surface area contributed by atoms with Crippen LogP contribution in [0, 0.1) is 0 Å². The SMILES string of the molecule is CCCCCCCCCC(C)(F)C(=O)Oc1ccc(-c2cnc(-c3ccccc3OC(CCCCCC)C(F)C(C)F)nc2)cc1. The molecule has 1 heterocycles. The van der Waals surface area contributed by atoms with Crippen molar-refractivity contribution in [2.75, 3.05) is 0 Å². The summed E-state index contributed by atoms with van der Waals surface area (Å²) in [5.74, 6) is 0.167. The van der Waals surface area contributed by atoms with E-state index < -0.39 is 30.1 Å². The predicted octanol–water partition coefficient (Wildman–Crippen LogP) is 11.0. The number of para-hydroxylation sites is 1. The number of alkyl halides is 3. The Balaban J connectivity index is 1.62. The van der Waals surface area contributed by atoms with Crippen LogP contribution in [0.5, 0.6) is 11.5 Å². The summed E-state index contributed by atoms with van der Waals surface area (Å²) < 4.78 is 55.3. The van der Waals surface area contributed by atoms with E-state index in [1.807, 2.05) is 6.07 Å². The number of unbranched alkanes of at least 4 members (excludes halogenated alkanes) is 9. The van der Waals surface area contributed by atoms with Gasteiger partial charge in [-0.25, -0.2) is 27.9 Å². The molecule has 0 saturated heterocycles. The number of ether oxygens (including phenoxy) is 2. The van der Waals surface area contributed by atoms with Crippen LogP contribution in [0.3, 0.4) is 0 Å². The van der Waals surface area contributed by atoms with Crippen LogP contribution in [0.25, 0.3) is 22.5 Å². The monoisotopic (exact) mass is 640 g/mol. The maximum atomic E-state index is 15.0. The molecule has 0 radical (unpaired) electrons. The molecule has 3 aromatic rings. The predicted molar refractivity (Wildman–Crippen MR) is 179 cm³/mol. The molecule has 3 rings (SSSR count). The number of benzene rings is 2. The van der Waals surface area contributed by atoms with Crippen molar-refractivity contribution in [2.24, 2.45) is 0 Å². The van der Waals surface area contributed by atoms with Crippen LogP contribution in [0.4, 0.5) is 13.2 Å². The van der Waals surface area contributed by atoms with Crippen LogP contribution in [0.15, 0.2) is 60.9 Å². The third kappa shape index (κ3) is 11.7. The van der Waals surface area contributed by atoms with E-state index in [0.717, 1.165) is 56.1 Å². The molecule has 0 saturated carbocycles. The molecular weight excluding hydrogens is 589 g/mol. The molecule has 0 fully saturated rings. The molecule has 0 spiro atoms. The summed E-state index contributed by atoms with van der Waals surface area (Å²) >= 11 is 0. The quantitative estimate of drug-likeness (QED) is 0.0659. The molecule has 252 valence electrons. The molecule has 0 aliphatic rings. The highest BCUT2D eigenvalue weighted by Crippen LogP contribution is 2.32. The summed E-state index contributed by atoms with van der Waals surface area (Å²) in [6.45, 7) is 6.78. The lowest BCUT2D eigenvalue weighted by Crippen LogP contribution is -2.34. The Kier molecular flexibility index (Phi) is 15.5. The van der Waals surface area contributed by atoms with E-state index in [4.69, 9.17) is 9.47 Å². The Morgan fingerprint density at radius 1 is 0.804 bits per heavy atom. The zero-order chi connectivity index (χ0) is 33.4. The molecule has 1 aromatic heterocycles. The highest BCUT2D eigenvalue weighted by Gasteiger charge is 2.34. The zero-order valence-corrected chi connectivity index (χ0v) is 28.0. The third-order valence-corrected chi connectivity index (χ3v) is 8.27. The van der Waals surface area contributed by atoms with Gasteiger partial charge in [-0.05, 0) is 69.4 Å². The van der Waals surface area contributed by atoms with Crippen molar-refractivity contribution in [1.82, 2.24) is 9.97 Å². The molecule has 0 N–H and O–H groups in total. The van der Waals surface area contributed by atoms with Gasteiger partial charge in [-0.15, -0.1) is 0 Å². The van der Waals surface area contributed by atoms with Crippen molar-refractivity contribution < 1.29 is 27.4 Å². The van der Waals surface area contributed by atoms with E-state index in [9.17, 15) is 13.6 Å². The van der Waals surface area contributed by atoms with Crippen LogP contribution in [0.1, 0.15) is 111 Å². The lowest BCUT2D eigenvalue weighted by atomic mass is 9.99. The van der Waals surface area contributed by atoms with E-state index >= 15 is 4.39 Å². The standard InChI is InChI=1S/C38H51F3N2O3/c1-5-7-9-11-12-13-17-25-38(4,41)37(44)45-31-23-21-29(22-24-31)30-26-42-36(43-27-30)32-18-15-16-19-33(32)46-34(35(40)28(3)39)20-14-10-8-6-2/h15-16,18-19,21-24,26-28,34-35H,5-14,17,20,25H2,1-4H3. The topological polar surface area (TPSA) is 61.3 Å². The number of nitrogens with zero attached hydrogens (tertiary/aromatic N) is 2. The van der Waals surface area contributed by atoms with Crippen molar-refractivity contribution in [3.05, 3.63) is 60.9 Å². The number of hydrogen-bond acceptors (Lipinski definition) is 5. The fourth-order valence-corrected chi connectivity index (χ4v) is 5.33. The van der Waals surface area contributed by atoms with Crippen molar-refractivity contribution >= 4 is 5.97 Å². The molecule has 46 heavy (non-hydrogen) atoms. The van der Waals surface area contributed by atoms with Gasteiger partial charge in [0.25, 0.3) is 0 Å². The van der Waals surface area contributed by atoms with Gasteiger partial charge >= 0.3 is 5.97 Å². The first-order valence-corrected chi connectivity index (χ1v) is 17.0. The van der Waals surface area contributed by atoms with Crippen LogP contribution in [-0.4, -0.2) is 40.1 Å². The fraction of sp³-hybridized carbons (Fsp3) is 0.553. The average molecular weight is 641 g/mol. The van der Waals surface area contributed by atoms with Crippen molar-refractivity contribution in [3.8, 4) is 34.0 Å². The van der Waals surface area contributed by atoms with Gasteiger partial charge in [0.1, 0.15) is 23.8 Å². The Bertz CT molecular complexity index is 1300. The van der Waals surface area contributed by atoms with Gasteiger partial charge in [0.05, 0.1) is 5.56 Å². The lowest BCUT2D eigenvalue weighted by molar-refractivity contribution is -0.147. The summed E-state index contributed by atoms with van der Waals surface area (Å²) in [5.41, 5.74) is 0.0413. The smallest absolute Gasteiger partial charge is 0.348 e. The minimum absolute atomic E-state index is 0.137. The summed E-state index contributed by atoms with van der Waals surface area (Å²) in [4.78, 5) is 21.6. The molecule has 5 nitrogen and oxygen atoms in total. The highest BCUT2D eigenvalue weighted by atomic mass is 19.2. The molecule has 0 aliphatic carbocycles. The molecule has 0 amide bonds. The van der Waals surface area contributed by atoms with E-state index in [0.29, 0.717) is 30.0 Å². The molecule has 4 atom stereocenters. The fourth-order valence-electron chi connectivity index (χ4n) is 5.33. The second-order valence-corrected chi connectivity index (χ2v) is 12.4. The van der Waals surface area contributed by atoms with Gasteiger partial charge in [-0.2, -0.15) is 0 Å². The number of rotatable bonds is 21. The maximum absolute atomic E-state index is 15.0. The number of esters is 1. The Morgan fingerprint density at radius 3 is 2.02 bits per heavy atom. The maximum Gasteiger partial charge on any atom is 0.348 e. The van der Waals surface area contributed by atoms with E-state index in [1.165, 1.54) is 33.1 Å². The number of aromatic nitrogens is 2. The van der Waals surface area contributed by atoms with Gasteiger partial charge in [-0.3, -0.25) is 0 Å². The number of carbonyl (C=O) groups excluding carboxylic acids is 1. The minimum Gasteiger partial charge on any atom is -0.487 e. The molecule has 4 unspecified atom stereocenters.